The minimum atomic E-state index is -0.195. The molecule has 0 aliphatic carbocycles. The highest BCUT2D eigenvalue weighted by Gasteiger charge is 2.30. The number of nitrogens with zero attached hydrogens (tertiary/aromatic N) is 3. The van der Waals surface area contributed by atoms with Crippen molar-refractivity contribution in [3.8, 4) is 0 Å². The van der Waals surface area contributed by atoms with Crippen LogP contribution >= 0.6 is 23.2 Å². The fourth-order valence-corrected chi connectivity index (χ4v) is 2.95. The molecule has 0 spiro atoms. The van der Waals surface area contributed by atoms with Crippen LogP contribution < -0.4 is 5.32 Å². The summed E-state index contributed by atoms with van der Waals surface area (Å²) in [6.07, 6.45) is 2.76. The first-order valence-electron chi connectivity index (χ1n) is 6.89. The third-order valence-electron chi connectivity index (χ3n) is 3.61. The van der Waals surface area contributed by atoms with Crippen molar-refractivity contribution in [3.05, 3.63) is 58.1 Å². The Bertz CT molecular complexity index is 695. The van der Waals surface area contributed by atoms with E-state index >= 15 is 0 Å². The Balaban J connectivity index is 1.93. The summed E-state index contributed by atoms with van der Waals surface area (Å²) in [5, 5.41) is 4.21. The molecule has 1 saturated heterocycles. The zero-order chi connectivity index (χ0) is 15.5. The number of hydrogen-bond donors (Lipinski definition) is 1. The highest BCUT2D eigenvalue weighted by molar-refractivity contribution is 6.33. The maximum Gasteiger partial charge on any atom is 0.274 e. The third kappa shape index (κ3) is 3.06. The number of piperazine rings is 1. The molecule has 1 aliphatic heterocycles. The zero-order valence-electron chi connectivity index (χ0n) is 11.7. The van der Waals surface area contributed by atoms with Gasteiger partial charge in [-0.3, -0.25) is 4.79 Å². The molecule has 0 radical (unpaired) electrons. The summed E-state index contributed by atoms with van der Waals surface area (Å²) in [7, 11) is 0. The first-order chi connectivity index (χ1) is 10.7. The van der Waals surface area contributed by atoms with Gasteiger partial charge < -0.3 is 10.2 Å². The molecule has 2 aromatic rings. The number of hydrogen-bond acceptors (Lipinski definition) is 4. The number of carbonyl (C=O) groups is 1. The number of aromatic nitrogens is 2. The average Bonchev–Trinajstić information content (AvgIpc) is 2.55. The van der Waals surface area contributed by atoms with Crippen molar-refractivity contribution in [3.63, 3.8) is 0 Å². The molecular weight excluding hydrogens is 323 g/mol. The minimum Gasteiger partial charge on any atom is -0.328 e. The molecule has 1 aromatic heterocycles. The summed E-state index contributed by atoms with van der Waals surface area (Å²) in [6.45, 7) is 1.97. The molecule has 1 amide bonds. The molecule has 1 atom stereocenters. The van der Waals surface area contributed by atoms with Gasteiger partial charge in [0, 0.05) is 30.9 Å². The molecular formula is C15H14Cl2N4O. The fraction of sp³-hybridized carbons (Fsp3) is 0.267. The van der Waals surface area contributed by atoms with Crippen LogP contribution in [-0.2, 0) is 0 Å². The van der Waals surface area contributed by atoms with E-state index in [0.717, 1.165) is 12.1 Å². The molecule has 1 fully saturated rings. The molecule has 114 valence electrons. The largest absolute Gasteiger partial charge is 0.328 e. The zero-order valence-corrected chi connectivity index (χ0v) is 13.2. The summed E-state index contributed by atoms with van der Waals surface area (Å²) < 4.78 is 0. The van der Waals surface area contributed by atoms with Gasteiger partial charge in [0.15, 0.2) is 0 Å². The van der Waals surface area contributed by atoms with Crippen molar-refractivity contribution in [2.75, 3.05) is 19.6 Å². The van der Waals surface area contributed by atoms with Gasteiger partial charge in [0.25, 0.3) is 5.91 Å². The molecule has 1 aliphatic rings. The smallest absolute Gasteiger partial charge is 0.274 e. The van der Waals surface area contributed by atoms with Crippen LogP contribution in [0.3, 0.4) is 0 Å². The molecule has 0 saturated carbocycles. The van der Waals surface area contributed by atoms with Gasteiger partial charge in [-0.15, -0.1) is 0 Å². The van der Waals surface area contributed by atoms with Crippen LogP contribution in [0, 0.1) is 0 Å². The maximum absolute atomic E-state index is 12.8. The Hall–Kier alpha value is -1.69. The lowest BCUT2D eigenvalue weighted by Gasteiger charge is -2.36. The SMILES string of the molecule is O=C(c1ncncc1Cl)N1CCNCC1c1cccc(Cl)c1. The molecule has 7 heteroatoms. The minimum absolute atomic E-state index is 0.106. The van der Waals surface area contributed by atoms with Gasteiger partial charge >= 0.3 is 0 Å². The Morgan fingerprint density at radius 1 is 1.36 bits per heavy atom. The normalized spacial score (nSPS) is 18.3. The summed E-state index contributed by atoms with van der Waals surface area (Å²) in [6, 6.07) is 7.43. The van der Waals surface area contributed by atoms with Gasteiger partial charge in [-0.2, -0.15) is 0 Å². The quantitative estimate of drug-likeness (QED) is 0.915. The van der Waals surface area contributed by atoms with Gasteiger partial charge in [-0.05, 0) is 17.7 Å². The second kappa shape index (κ2) is 6.60. The van der Waals surface area contributed by atoms with E-state index in [0.29, 0.717) is 18.1 Å². The van der Waals surface area contributed by atoms with Gasteiger partial charge in [0.1, 0.15) is 12.0 Å². The molecule has 1 N–H and O–H groups in total. The maximum atomic E-state index is 12.8. The number of amides is 1. The van der Waals surface area contributed by atoms with Crippen LogP contribution in [0.4, 0.5) is 0 Å². The summed E-state index contributed by atoms with van der Waals surface area (Å²) in [5.74, 6) is -0.195. The second-order valence-corrected chi connectivity index (χ2v) is 5.84. The van der Waals surface area contributed by atoms with Crippen molar-refractivity contribution >= 4 is 29.1 Å². The van der Waals surface area contributed by atoms with Crippen LogP contribution in [-0.4, -0.2) is 40.4 Å². The van der Waals surface area contributed by atoms with Crippen molar-refractivity contribution < 1.29 is 4.79 Å². The number of nitrogens with one attached hydrogen (secondary N) is 1. The van der Waals surface area contributed by atoms with Crippen molar-refractivity contribution in [1.29, 1.82) is 0 Å². The number of rotatable bonds is 2. The standard InChI is InChI=1S/C15H14Cl2N4O/c16-11-3-1-2-10(6-11)13-8-18-4-5-21(13)15(22)14-12(17)7-19-9-20-14/h1-3,6-7,9,13,18H,4-5,8H2. The van der Waals surface area contributed by atoms with Gasteiger partial charge in [0.05, 0.1) is 11.1 Å². The summed E-state index contributed by atoms with van der Waals surface area (Å²) in [4.78, 5) is 22.4. The Morgan fingerprint density at radius 2 is 2.23 bits per heavy atom. The topological polar surface area (TPSA) is 58.1 Å². The lowest BCUT2D eigenvalue weighted by molar-refractivity contribution is 0.0628. The first-order valence-corrected chi connectivity index (χ1v) is 7.65. The lowest BCUT2D eigenvalue weighted by Crippen LogP contribution is -2.49. The Kier molecular flexibility index (Phi) is 4.57. The van der Waals surface area contributed by atoms with Crippen molar-refractivity contribution in [2.24, 2.45) is 0 Å². The predicted octanol–water partition coefficient (Wildman–Crippen LogP) is 2.57. The van der Waals surface area contributed by atoms with Crippen LogP contribution in [0.15, 0.2) is 36.8 Å². The molecule has 3 rings (SSSR count). The Labute approximate surface area is 138 Å². The van der Waals surface area contributed by atoms with Crippen molar-refractivity contribution in [2.45, 2.75) is 6.04 Å². The molecule has 1 unspecified atom stereocenters. The first kappa shape index (κ1) is 15.2. The number of halogens is 2. The van der Waals surface area contributed by atoms with Gasteiger partial charge in [-0.1, -0.05) is 35.3 Å². The van der Waals surface area contributed by atoms with E-state index in [4.69, 9.17) is 23.2 Å². The molecule has 5 nitrogen and oxygen atoms in total. The highest BCUT2D eigenvalue weighted by atomic mass is 35.5. The van der Waals surface area contributed by atoms with Gasteiger partial charge in [-0.25, -0.2) is 9.97 Å². The highest BCUT2D eigenvalue weighted by Crippen LogP contribution is 2.27. The van der Waals surface area contributed by atoms with Crippen LogP contribution in [0.1, 0.15) is 22.1 Å². The van der Waals surface area contributed by atoms with E-state index in [1.165, 1.54) is 12.5 Å². The second-order valence-electron chi connectivity index (χ2n) is 4.99. The molecule has 0 bridgehead atoms. The molecule has 2 heterocycles. The number of benzene rings is 1. The molecule has 22 heavy (non-hydrogen) atoms. The van der Waals surface area contributed by atoms with Crippen molar-refractivity contribution in [1.82, 2.24) is 20.2 Å². The third-order valence-corrected chi connectivity index (χ3v) is 4.12. The van der Waals surface area contributed by atoms with Crippen LogP contribution in [0.2, 0.25) is 10.0 Å². The summed E-state index contributed by atoms with van der Waals surface area (Å²) >= 11 is 12.1. The predicted molar refractivity (Wildman–Crippen MR) is 85.1 cm³/mol. The average molecular weight is 337 g/mol. The van der Waals surface area contributed by atoms with Crippen LogP contribution in [0.5, 0.6) is 0 Å². The molecule has 1 aromatic carbocycles. The van der Waals surface area contributed by atoms with Gasteiger partial charge in [0.2, 0.25) is 0 Å². The fourth-order valence-electron chi connectivity index (χ4n) is 2.57. The van der Waals surface area contributed by atoms with E-state index < -0.39 is 0 Å². The monoisotopic (exact) mass is 336 g/mol. The Morgan fingerprint density at radius 3 is 3.00 bits per heavy atom. The van der Waals surface area contributed by atoms with E-state index in [2.05, 4.69) is 15.3 Å². The summed E-state index contributed by atoms with van der Waals surface area (Å²) in [5.41, 5.74) is 1.21. The van der Waals surface area contributed by atoms with E-state index in [1.54, 1.807) is 4.90 Å². The van der Waals surface area contributed by atoms with E-state index in [9.17, 15) is 4.79 Å². The lowest BCUT2D eigenvalue weighted by atomic mass is 10.0. The van der Waals surface area contributed by atoms with E-state index in [1.807, 2.05) is 24.3 Å². The van der Waals surface area contributed by atoms with E-state index in [-0.39, 0.29) is 22.7 Å². The van der Waals surface area contributed by atoms with Crippen LogP contribution in [0.25, 0.3) is 0 Å². The number of carbonyl (C=O) groups excluding carboxylic acids is 1.